The van der Waals surface area contributed by atoms with Gasteiger partial charge in [0.2, 0.25) is 5.76 Å². The smallest absolute Gasteiger partial charge is 0.371 e. The molecule has 1 aliphatic heterocycles. The lowest BCUT2D eigenvalue weighted by atomic mass is 10.0. The number of carbonyl (C=O) groups is 2. The van der Waals surface area contributed by atoms with Gasteiger partial charge in [0.1, 0.15) is 5.82 Å². The Morgan fingerprint density at radius 3 is 2.74 bits per heavy atom. The number of hydrogen-bond donors (Lipinski definition) is 1. The Hall–Kier alpha value is -2.63. The minimum Gasteiger partial charge on any atom is -0.475 e. The number of benzene rings is 1. The molecule has 1 unspecified atom stereocenters. The molecule has 0 saturated carbocycles. The van der Waals surface area contributed by atoms with Gasteiger partial charge in [-0.3, -0.25) is 4.79 Å². The average Bonchev–Trinajstić information content (AvgIpc) is 3.15. The van der Waals surface area contributed by atoms with E-state index in [2.05, 4.69) is 0 Å². The maximum absolute atomic E-state index is 13.3. The minimum atomic E-state index is -1.21. The summed E-state index contributed by atoms with van der Waals surface area (Å²) in [5.74, 6) is -2.06. The highest BCUT2D eigenvalue weighted by atomic mass is 19.1. The zero-order valence-corrected chi connectivity index (χ0v) is 12.4. The number of hydrogen-bond acceptors (Lipinski definition) is 3. The number of rotatable bonds is 4. The zero-order chi connectivity index (χ0) is 16.4. The number of halogens is 1. The van der Waals surface area contributed by atoms with Crippen molar-refractivity contribution in [3.05, 3.63) is 59.3 Å². The molecule has 2 heterocycles. The van der Waals surface area contributed by atoms with Crippen molar-refractivity contribution in [2.45, 2.75) is 25.3 Å². The van der Waals surface area contributed by atoms with Gasteiger partial charge in [-0.15, -0.1) is 0 Å². The van der Waals surface area contributed by atoms with Crippen LogP contribution in [-0.2, 0) is 6.42 Å². The number of carbonyl (C=O) groups excluding carboxylic acids is 1. The first-order chi connectivity index (χ1) is 11.0. The zero-order valence-electron chi connectivity index (χ0n) is 12.4. The molecule has 2 aromatic rings. The van der Waals surface area contributed by atoms with Crippen LogP contribution in [0.5, 0.6) is 0 Å². The van der Waals surface area contributed by atoms with E-state index in [1.165, 1.54) is 24.3 Å². The maximum atomic E-state index is 13.3. The largest absolute Gasteiger partial charge is 0.475 e. The third-order valence-electron chi connectivity index (χ3n) is 4.03. The van der Waals surface area contributed by atoms with Gasteiger partial charge < -0.3 is 14.4 Å². The van der Waals surface area contributed by atoms with Crippen LogP contribution in [0.25, 0.3) is 0 Å². The molecule has 0 aliphatic carbocycles. The molecule has 1 aromatic heterocycles. The average molecular weight is 317 g/mol. The molecule has 6 heteroatoms. The number of nitrogens with zero attached hydrogens (tertiary/aromatic N) is 1. The van der Waals surface area contributed by atoms with Crippen LogP contribution in [0.3, 0.4) is 0 Å². The lowest BCUT2D eigenvalue weighted by Crippen LogP contribution is -2.36. The molecule has 120 valence electrons. The predicted octanol–water partition coefficient (Wildman–Crippen LogP) is 2.96. The lowest BCUT2D eigenvalue weighted by Gasteiger charge is -2.24. The first-order valence-electron chi connectivity index (χ1n) is 7.43. The quantitative estimate of drug-likeness (QED) is 0.941. The highest BCUT2D eigenvalue weighted by molar-refractivity contribution is 5.93. The van der Waals surface area contributed by atoms with Crippen molar-refractivity contribution >= 4 is 11.9 Å². The van der Waals surface area contributed by atoms with Gasteiger partial charge in [-0.05, 0) is 49.1 Å². The highest BCUT2D eigenvalue weighted by Crippen LogP contribution is 2.24. The predicted molar refractivity (Wildman–Crippen MR) is 79.8 cm³/mol. The molecule has 1 aromatic carbocycles. The monoisotopic (exact) mass is 317 g/mol. The van der Waals surface area contributed by atoms with E-state index in [0.717, 1.165) is 18.4 Å². The van der Waals surface area contributed by atoms with Crippen LogP contribution in [-0.4, -0.2) is 34.5 Å². The Labute approximate surface area is 132 Å². The Balaban J connectivity index is 1.75. The van der Waals surface area contributed by atoms with E-state index in [9.17, 15) is 14.0 Å². The number of likely N-dealkylation sites (tertiary alicyclic amines) is 1. The second-order valence-corrected chi connectivity index (χ2v) is 5.60. The van der Waals surface area contributed by atoms with Crippen molar-refractivity contribution in [3.8, 4) is 0 Å². The first kappa shape index (κ1) is 15.3. The van der Waals surface area contributed by atoms with E-state index < -0.39 is 5.97 Å². The van der Waals surface area contributed by atoms with Gasteiger partial charge in [-0.25, -0.2) is 9.18 Å². The van der Waals surface area contributed by atoms with Gasteiger partial charge in [0.05, 0.1) is 0 Å². The molecule has 1 atom stereocenters. The molecule has 3 rings (SSSR count). The van der Waals surface area contributed by atoms with Crippen LogP contribution in [0, 0.1) is 5.82 Å². The van der Waals surface area contributed by atoms with Gasteiger partial charge in [0.15, 0.2) is 5.76 Å². The Morgan fingerprint density at radius 1 is 1.26 bits per heavy atom. The Bertz CT molecular complexity index is 740. The summed E-state index contributed by atoms with van der Waals surface area (Å²) in [6.07, 6.45) is 2.25. The molecule has 1 amide bonds. The SMILES string of the molecule is O=C(O)c1ccc(C(=O)N2CCCC2Cc2cccc(F)c2)o1. The molecule has 1 saturated heterocycles. The van der Waals surface area contributed by atoms with Gasteiger partial charge in [0, 0.05) is 12.6 Å². The van der Waals surface area contributed by atoms with Crippen molar-refractivity contribution in [1.82, 2.24) is 4.90 Å². The van der Waals surface area contributed by atoms with E-state index >= 15 is 0 Å². The van der Waals surface area contributed by atoms with E-state index in [-0.39, 0.29) is 29.3 Å². The van der Waals surface area contributed by atoms with Crippen molar-refractivity contribution in [3.63, 3.8) is 0 Å². The molecular weight excluding hydrogens is 301 g/mol. The molecule has 0 bridgehead atoms. The van der Waals surface area contributed by atoms with Crippen LogP contribution in [0.4, 0.5) is 4.39 Å². The summed E-state index contributed by atoms with van der Waals surface area (Å²) < 4.78 is 18.4. The molecule has 1 N–H and O–H groups in total. The molecule has 0 radical (unpaired) electrons. The third-order valence-corrected chi connectivity index (χ3v) is 4.03. The molecule has 23 heavy (non-hydrogen) atoms. The summed E-state index contributed by atoms with van der Waals surface area (Å²) in [5.41, 5.74) is 0.834. The molecular formula is C17H16FNO4. The lowest BCUT2D eigenvalue weighted by molar-refractivity contribution is 0.0646. The van der Waals surface area contributed by atoms with Gasteiger partial charge in [-0.2, -0.15) is 0 Å². The first-order valence-corrected chi connectivity index (χ1v) is 7.43. The second kappa shape index (κ2) is 6.24. The van der Waals surface area contributed by atoms with Crippen molar-refractivity contribution in [1.29, 1.82) is 0 Å². The minimum absolute atomic E-state index is 0.0218. The summed E-state index contributed by atoms with van der Waals surface area (Å²) in [5, 5.41) is 8.86. The Morgan fingerprint density at radius 2 is 2.04 bits per heavy atom. The van der Waals surface area contributed by atoms with Crippen LogP contribution in [0.15, 0.2) is 40.8 Å². The molecule has 5 nitrogen and oxygen atoms in total. The van der Waals surface area contributed by atoms with Crippen molar-refractivity contribution in [2.24, 2.45) is 0 Å². The maximum Gasteiger partial charge on any atom is 0.371 e. The van der Waals surface area contributed by atoms with Crippen molar-refractivity contribution in [2.75, 3.05) is 6.54 Å². The normalized spacial score (nSPS) is 17.4. The number of furan rings is 1. The highest BCUT2D eigenvalue weighted by Gasteiger charge is 2.31. The fourth-order valence-electron chi connectivity index (χ4n) is 2.96. The van der Waals surface area contributed by atoms with Crippen LogP contribution in [0.1, 0.15) is 39.5 Å². The topological polar surface area (TPSA) is 70.8 Å². The number of amides is 1. The van der Waals surface area contributed by atoms with E-state index in [1.54, 1.807) is 11.0 Å². The molecule has 1 fully saturated rings. The van der Waals surface area contributed by atoms with Crippen LogP contribution < -0.4 is 0 Å². The summed E-state index contributed by atoms with van der Waals surface area (Å²) in [7, 11) is 0. The standard InChI is InChI=1S/C17H16FNO4/c18-12-4-1-3-11(9-12)10-13-5-2-8-19(13)16(20)14-6-7-15(23-14)17(21)22/h1,3-4,6-7,9,13H,2,5,8,10H2,(H,21,22). The fraction of sp³-hybridized carbons (Fsp3) is 0.294. The van der Waals surface area contributed by atoms with Crippen molar-refractivity contribution < 1.29 is 23.5 Å². The summed E-state index contributed by atoms with van der Waals surface area (Å²) in [6, 6.07) is 8.95. The van der Waals surface area contributed by atoms with E-state index in [4.69, 9.17) is 9.52 Å². The molecule has 0 spiro atoms. The summed E-state index contributed by atoms with van der Waals surface area (Å²) in [6.45, 7) is 0.585. The van der Waals surface area contributed by atoms with Crippen LogP contribution in [0.2, 0.25) is 0 Å². The molecule has 1 aliphatic rings. The third kappa shape index (κ3) is 3.26. The number of aromatic carboxylic acids is 1. The Kier molecular flexibility index (Phi) is 4.14. The number of carboxylic acids is 1. The number of carboxylic acid groups (broad SMARTS) is 1. The fourth-order valence-corrected chi connectivity index (χ4v) is 2.96. The van der Waals surface area contributed by atoms with Gasteiger partial charge in [-0.1, -0.05) is 12.1 Å². The summed E-state index contributed by atoms with van der Waals surface area (Å²) >= 11 is 0. The van der Waals surface area contributed by atoms with Gasteiger partial charge in [0.25, 0.3) is 5.91 Å². The summed E-state index contributed by atoms with van der Waals surface area (Å²) in [4.78, 5) is 25.0. The van der Waals surface area contributed by atoms with Crippen LogP contribution >= 0.6 is 0 Å². The van der Waals surface area contributed by atoms with E-state index in [1.807, 2.05) is 6.07 Å². The van der Waals surface area contributed by atoms with E-state index in [0.29, 0.717) is 13.0 Å². The van der Waals surface area contributed by atoms with Gasteiger partial charge >= 0.3 is 5.97 Å². The second-order valence-electron chi connectivity index (χ2n) is 5.60.